The highest BCUT2D eigenvalue weighted by molar-refractivity contribution is 5.35. The Hall–Kier alpha value is -1.16. The first-order valence-electron chi connectivity index (χ1n) is 4.66. The molecule has 1 atom stereocenters. The molecule has 0 amide bonds. The van der Waals surface area contributed by atoms with Gasteiger partial charge in [-0.1, -0.05) is 0 Å². The number of nitrogens with two attached hydrogens (primary N) is 1. The molecule has 0 saturated heterocycles. The van der Waals surface area contributed by atoms with Crippen LogP contribution < -0.4 is 10.5 Å². The molecule has 4 heteroatoms. The molecule has 84 valence electrons. The Labute approximate surface area is 88.0 Å². The summed E-state index contributed by atoms with van der Waals surface area (Å²) in [7, 11) is 1.49. The average Bonchev–Trinajstić information content (AvgIpc) is 2.18. The Morgan fingerprint density at radius 1 is 1.47 bits per heavy atom. The highest BCUT2D eigenvalue weighted by Crippen LogP contribution is 2.23. The molecule has 1 rings (SSSR count). The summed E-state index contributed by atoms with van der Waals surface area (Å²) in [5, 5.41) is 0. The fraction of sp³-hybridized carbons (Fsp3) is 0.455. The quantitative estimate of drug-likeness (QED) is 0.834. The molecule has 0 radical (unpaired) electrons. The standard InChI is InChI=1S/C11H15F2NO/c1-11(14,7-12)6-8-5-9(13)3-4-10(8)15-2/h3-5H,6-7,14H2,1-2H3. The van der Waals surface area contributed by atoms with Gasteiger partial charge in [0.15, 0.2) is 0 Å². The topological polar surface area (TPSA) is 35.2 Å². The number of ether oxygens (including phenoxy) is 1. The SMILES string of the molecule is COc1ccc(F)cc1CC(C)(N)CF. The lowest BCUT2D eigenvalue weighted by molar-refractivity contribution is 0.321. The van der Waals surface area contributed by atoms with Gasteiger partial charge in [-0.3, -0.25) is 0 Å². The highest BCUT2D eigenvalue weighted by atomic mass is 19.1. The van der Waals surface area contributed by atoms with Crippen molar-refractivity contribution >= 4 is 0 Å². The second-order valence-electron chi connectivity index (χ2n) is 3.92. The van der Waals surface area contributed by atoms with Crippen molar-refractivity contribution in [2.45, 2.75) is 18.9 Å². The van der Waals surface area contributed by atoms with E-state index in [2.05, 4.69) is 0 Å². The third-order valence-electron chi connectivity index (χ3n) is 2.14. The fourth-order valence-corrected chi connectivity index (χ4v) is 1.37. The molecule has 2 N–H and O–H groups in total. The zero-order valence-electron chi connectivity index (χ0n) is 8.89. The van der Waals surface area contributed by atoms with Gasteiger partial charge < -0.3 is 10.5 Å². The van der Waals surface area contributed by atoms with Gasteiger partial charge in [0.1, 0.15) is 18.2 Å². The highest BCUT2D eigenvalue weighted by Gasteiger charge is 2.21. The molecule has 0 heterocycles. The maximum Gasteiger partial charge on any atom is 0.123 e. The summed E-state index contributed by atoms with van der Waals surface area (Å²) < 4.78 is 30.6. The summed E-state index contributed by atoms with van der Waals surface area (Å²) in [5.41, 5.74) is 5.27. The monoisotopic (exact) mass is 215 g/mol. The Bertz CT molecular complexity index is 339. The van der Waals surface area contributed by atoms with Crippen molar-refractivity contribution in [3.05, 3.63) is 29.6 Å². The number of hydrogen-bond acceptors (Lipinski definition) is 2. The Morgan fingerprint density at radius 3 is 2.67 bits per heavy atom. The summed E-state index contributed by atoms with van der Waals surface area (Å²) in [5.74, 6) is 0.155. The minimum Gasteiger partial charge on any atom is -0.496 e. The lowest BCUT2D eigenvalue weighted by Gasteiger charge is -2.21. The Balaban J connectivity index is 2.97. The first-order valence-corrected chi connectivity index (χ1v) is 4.66. The molecule has 1 aromatic carbocycles. The molecule has 0 aromatic heterocycles. The van der Waals surface area contributed by atoms with Crippen LogP contribution in [0.15, 0.2) is 18.2 Å². The van der Waals surface area contributed by atoms with Crippen LogP contribution in [0.25, 0.3) is 0 Å². The van der Waals surface area contributed by atoms with Gasteiger partial charge in [0, 0.05) is 5.54 Å². The van der Waals surface area contributed by atoms with Crippen LogP contribution >= 0.6 is 0 Å². The molecule has 0 aliphatic carbocycles. The molecule has 0 saturated carbocycles. The number of methoxy groups -OCH3 is 1. The van der Waals surface area contributed by atoms with E-state index in [1.54, 1.807) is 6.92 Å². The molecule has 0 bridgehead atoms. The number of halogens is 2. The minimum absolute atomic E-state index is 0.241. The third-order valence-corrected chi connectivity index (χ3v) is 2.14. The molecule has 2 nitrogen and oxygen atoms in total. The van der Waals surface area contributed by atoms with Crippen LogP contribution in [-0.2, 0) is 6.42 Å². The van der Waals surface area contributed by atoms with Crippen molar-refractivity contribution in [2.75, 3.05) is 13.8 Å². The number of rotatable bonds is 4. The molecule has 0 aliphatic heterocycles. The molecule has 15 heavy (non-hydrogen) atoms. The smallest absolute Gasteiger partial charge is 0.123 e. The first-order chi connectivity index (χ1) is 6.98. The van der Waals surface area contributed by atoms with Crippen LogP contribution in [0.4, 0.5) is 8.78 Å². The van der Waals surface area contributed by atoms with E-state index in [9.17, 15) is 8.78 Å². The average molecular weight is 215 g/mol. The summed E-state index contributed by atoms with van der Waals surface area (Å²) in [6.45, 7) is 0.921. The number of alkyl halides is 1. The predicted molar refractivity (Wildman–Crippen MR) is 55.2 cm³/mol. The molecule has 0 aliphatic rings. The summed E-state index contributed by atoms with van der Waals surface area (Å²) >= 11 is 0. The zero-order chi connectivity index (χ0) is 11.5. The maximum absolute atomic E-state index is 13.0. The molecular formula is C11H15F2NO. The van der Waals surface area contributed by atoms with E-state index in [0.717, 1.165) is 0 Å². The summed E-state index contributed by atoms with van der Waals surface area (Å²) in [4.78, 5) is 0. The van der Waals surface area contributed by atoms with Gasteiger partial charge in [-0.15, -0.1) is 0 Å². The summed E-state index contributed by atoms with van der Waals surface area (Å²) in [6, 6.07) is 4.13. The molecule has 1 unspecified atom stereocenters. The maximum atomic E-state index is 13.0. The van der Waals surface area contributed by atoms with E-state index in [0.29, 0.717) is 11.3 Å². The van der Waals surface area contributed by atoms with Gasteiger partial charge in [-0.2, -0.15) is 0 Å². The van der Waals surface area contributed by atoms with E-state index >= 15 is 0 Å². The molecule has 1 aromatic rings. The van der Waals surface area contributed by atoms with Gasteiger partial charge in [-0.25, -0.2) is 8.78 Å². The zero-order valence-corrected chi connectivity index (χ0v) is 8.89. The third kappa shape index (κ3) is 3.16. The Morgan fingerprint density at radius 2 is 2.13 bits per heavy atom. The fourth-order valence-electron chi connectivity index (χ4n) is 1.37. The van der Waals surface area contributed by atoms with E-state index in [1.807, 2.05) is 0 Å². The normalized spacial score (nSPS) is 14.7. The van der Waals surface area contributed by atoms with Crippen molar-refractivity contribution in [3.8, 4) is 5.75 Å². The van der Waals surface area contributed by atoms with Gasteiger partial charge in [0.05, 0.1) is 7.11 Å². The number of hydrogen-bond donors (Lipinski definition) is 1. The van der Waals surface area contributed by atoms with Crippen LogP contribution in [0, 0.1) is 5.82 Å². The predicted octanol–water partition coefficient (Wildman–Crippen LogP) is 2.06. The van der Waals surface area contributed by atoms with Crippen LogP contribution in [0.5, 0.6) is 5.75 Å². The molecule has 0 spiro atoms. The van der Waals surface area contributed by atoms with Crippen molar-refractivity contribution < 1.29 is 13.5 Å². The van der Waals surface area contributed by atoms with Gasteiger partial charge in [0.25, 0.3) is 0 Å². The van der Waals surface area contributed by atoms with Crippen LogP contribution in [0.2, 0.25) is 0 Å². The summed E-state index contributed by atoms with van der Waals surface area (Å²) in [6.07, 6.45) is 0.241. The lowest BCUT2D eigenvalue weighted by atomic mass is 9.95. The Kier molecular flexibility index (Phi) is 3.63. The second-order valence-corrected chi connectivity index (χ2v) is 3.92. The van der Waals surface area contributed by atoms with Crippen LogP contribution in [0.1, 0.15) is 12.5 Å². The molecule has 0 fully saturated rings. The number of benzene rings is 1. The van der Waals surface area contributed by atoms with Crippen molar-refractivity contribution in [1.29, 1.82) is 0 Å². The lowest BCUT2D eigenvalue weighted by Crippen LogP contribution is -2.40. The van der Waals surface area contributed by atoms with Crippen molar-refractivity contribution in [2.24, 2.45) is 5.73 Å². The van der Waals surface area contributed by atoms with E-state index in [4.69, 9.17) is 10.5 Å². The largest absolute Gasteiger partial charge is 0.496 e. The van der Waals surface area contributed by atoms with Gasteiger partial charge in [-0.05, 0) is 37.1 Å². The van der Waals surface area contributed by atoms with Crippen LogP contribution in [-0.4, -0.2) is 19.3 Å². The van der Waals surface area contributed by atoms with Gasteiger partial charge in [0.2, 0.25) is 0 Å². The van der Waals surface area contributed by atoms with Crippen molar-refractivity contribution in [1.82, 2.24) is 0 Å². The first kappa shape index (κ1) is 11.9. The molecular weight excluding hydrogens is 200 g/mol. The van der Waals surface area contributed by atoms with Gasteiger partial charge >= 0.3 is 0 Å². The van der Waals surface area contributed by atoms with Crippen molar-refractivity contribution in [3.63, 3.8) is 0 Å². The second kappa shape index (κ2) is 4.57. The van der Waals surface area contributed by atoms with E-state index < -0.39 is 12.2 Å². The van der Waals surface area contributed by atoms with E-state index in [-0.39, 0.29) is 12.2 Å². The van der Waals surface area contributed by atoms with Crippen LogP contribution in [0.3, 0.4) is 0 Å². The van der Waals surface area contributed by atoms with E-state index in [1.165, 1.54) is 25.3 Å². The minimum atomic E-state index is -0.985.